The molecular weight excluding hydrogens is 666 g/mol. The van der Waals surface area contributed by atoms with E-state index < -0.39 is 88.6 Å². The first-order valence-electron chi connectivity index (χ1n) is 15.9. The smallest absolute Gasteiger partial charge is 0.306 e. The summed E-state index contributed by atoms with van der Waals surface area (Å²) in [6.45, 7) is 3.16. The van der Waals surface area contributed by atoms with Crippen molar-refractivity contribution in [2.45, 2.75) is 89.6 Å². The quantitative estimate of drug-likeness (QED) is 0.0488. The number of hydrogen-bond donors (Lipinski definition) is 8. The molecule has 4 amide bonds. The number of anilines is 1. The van der Waals surface area contributed by atoms with Crippen LogP contribution in [0.1, 0.15) is 87.9 Å². The number of nitrogens with one attached hydrogen (secondary N) is 4. The van der Waals surface area contributed by atoms with Gasteiger partial charge in [0.1, 0.15) is 6.04 Å². The summed E-state index contributed by atoms with van der Waals surface area (Å²) in [5.74, 6) is -8.36. The number of benzene rings is 1. The molecule has 0 heterocycles. The summed E-state index contributed by atoms with van der Waals surface area (Å²) in [6.07, 6.45) is -0.721. The third-order valence-electron chi connectivity index (χ3n) is 7.31. The number of unbranched alkanes of at least 4 members (excludes halogenated alkanes) is 1. The summed E-state index contributed by atoms with van der Waals surface area (Å²) in [5, 5.41) is 29.1. The van der Waals surface area contributed by atoms with E-state index in [9.17, 15) is 47.1 Å². The Morgan fingerprint density at radius 2 is 1.43 bits per heavy atom. The fourth-order valence-electron chi connectivity index (χ4n) is 4.59. The number of hydrogen-bond acceptors (Lipinski definition) is 10. The number of carbonyl (C=O) groups excluding carboxylic acids is 5. The summed E-state index contributed by atoms with van der Waals surface area (Å²) in [5.41, 5.74) is 6.81. The van der Waals surface area contributed by atoms with Crippen LogP contribution in [-0.2, 0) is 38.9 Å². The van der Waals surface area contributed by atoms with Crippen molar-refractivity contribution < 1.29 is 56.7 Å². The first-order valence-corrected chi connectivity index (χ1v) is 17.6. The van der Waals surface area contributed by atoms with Crippen LogP contribution in [0.25, 0.3) is 0 Å². The topological polar surface area (TPSA) is 288 Å². The number of carboxylic acids is 2. The van der Waals surface area contributed by atoms with Crippen LogP contribution in [0.2, 0.25) is 0 Å². The molecule has 0 fully saturated rings. The molecule has 0 unspecified atom stereocenters. The summed E-state index contributed by atoms with van der Waals surface area (Å²) in [4.78, 5) is 84.5. The van der Waals surface area contributed by atoms with Crippen LogP contribution >= 0.6 is 0 Å². The third kappa shape index (κ3) is 19.1. The number of primary amides is 1. The molecule has 18 heteroatoms. The first-order chi connectivity index (χ1) is 23.0. The number of rotatable bonds is 26. The Kier molecular flexibility index (Phi) is 19.2. The second-order valence-electron chi connectivity index (χ2n) is 11.5. The zero-order valence-corrected chi connectivity index (χ0v) is 28.3. The molecule has 17 nitrogen and oxygen atoms in total. The lowest BCUT2D eigenvalue weighted by Gasteiger charge is -2.20. The fourth-order valence-corrected chi connectivity index (χ4v) is 5.12. The van der Waals surface area contributed by atoms with Gasteiger partial charge in [-0.1, -0.05) is 6.92 Å². The molecule has 0 aliphatic heterocycles. The minimum Gasteiger partial charge on any atom is -0.481 e. The predicted octanol–water partition coefficient (Wildman–Crippen LogP) is 0.837. The van der Waals surface area contributed by atoms with Gasteiger partial charge in [0.05, 0.1) is 17.7 Å². The van der Waals surface area contributed by atoms with Crippen molar-refractivity contribution in [3.8, 4) is 0 Å². The zero-order chi connectivity index (χ0) is 37.0. The number of amides is 4. The molecule has 0 bridgehead atoms. The highest BCUT2D eigenvalue weighted by Crippen LogP contribution is 2.16. The van der Waals surface area contributed by atoms with E-state index >= 15 is 0 Å². The molecule has 0 radical (unpaired) electrons. The molecule has 0 aromatic heterocycles. The molecule has 0 spiro atoms. The van der Waals surface area contributed by atoms with E-state index in [1.807, 2.05) is 6.92 Å². The number of Topliss-reactive ketones (excluding diaryl/α,β-unsaturated/α-hetero) is 1. The van der Waals surface area contributed by atoms with Crippen molar-refractivity contribution in [2.24, 2.45) is 11.7 Å². The maximum absolute atomic E-state index is 12.9. The van der Waals surface area contributed by atoms with Crippen LogP contribution in [0.15, 0.2) is 24.3 Å². The number of aliphatic carboxylic acids is 2. The average molecular weight is 714 g/mol. The third-order valence-corrected chi connectivity index (χ3v) is 8.06. The molecule has 3 atom stereocenters. The summed E-state index contributed by atoms with van der Waals surface area (Å²) < 4.78 is 31.5. The van der Waals surface area contributed by atoms with Crippen molar-refractivity contribution in [2.75, 3.05) is 24.2 Å². The van der Waals surface area contributed by atoms with Gasteiger partial charge >= 0.3 is 11.9 Å². The van der Waals surface area contributed by atoms with Crippen LogP contribution in [0.4, 0.5) is 5.69 Å². The van der Waals surface area contributed by atoms with Gasteiger partial charge in [0.15, 0.2) is 5.78 Å². The van der Waals surface area contributed by atoms with Gasteiger partial charge in [0, 0.05) is 50.0 Å². The van der Waals surface area contributed by atoms with Gasteiger partial charge in [-0.3, -0.25) is 38.1 Å². The largest absolute Gasteiger partial charge is 0.481 e. The van der Waals surface area contributed by atoms with E-state index in [-0.39, 0.29) is 38.0 Å². The number of carboxylic acid groups (broad SMARTS) is 2. The van der Waals surface area contributed by atoms with Gasteiger partial charge < -0.3 is 37.2 Å². The summed E-state index contributed by atoms with van der Waals surface area (Å²) in [6, 6.07) is 4.45. The van der Waals surface area contributed by atoms with E-state index in [4.69, 9.17) is 15.4 Å². The summed E-state index contributed by atoms with van der Waals surface area (Å²) >= 11 is 0. The van der Waals surface area contributed by atoms with Crippen molar-refractivity contribution in [3.05, 3.63) is 29.8 Å². The number of carbonyl (C=O) groups is 7. The molecular formula is C31H47N5O12S. The molecule has 1 rings (SSSR count). The maximum atomic E-state index is 12.9. The SMILES string of the molecule is CCCNc1ccc(C(=O)NCCCC[C@H](NC(=O)CC[C@H](CC(=O)[C@H](CCS(=O)(=O)O)NC(=O)CCCC(=O)O)C(=O)O)C(N)=O)cc1. The molecule has 0 saturated carbocycles. The van der Waals surface area contributed by atoms with Crippen molar-refractivity contribution >= 4 is 57.2 Å². The lowest BCUT2D eigenvalue weighted by atomic mass is 9.93. The lowest BCUT2D eigenvalue weighted by molar-refractivity contribution is -0.144. The minimum atomic E-state index is -4.54. The molecule has 49 heavy (non-hydrogen) atoms. The molecule has 9 N–H and O–H groups in total. The van der Waals surface area contributed by atoms with E-state index in [0.717, 1.165) is 18.7 Å². The molecule has 274 valence electrons. The highest BCUT2D eigenvalue weighted by Gasteiger charge is 2.29. The predicted molar refractivity (Wildman–Crippen MR) is 177 cm³/mol. The second-order valence-corrected chi connectivity index (χ2v) is 13.0. The normalized spacial score (nSPS) is 12.9. The fraction of sp³-hybridized carbons (Fsp3) is 0.581. The highest BCUT2D eigenvalue weighted by atomic mass is 32.2. The van der Waals surface area contributed by atoms with Crippen LogP contribution in [0, 0.1) is 5.92 Å². The Hall–Kier alpha value is -4.58. The van der Waals surface area contributed by atoms with Gasteiger partial charge in [-0.2, -0.15) is 8.42 Å². The number of ketones is 1. The molecule has 0 saturated heterocycles. The van der Waals surface area contributed by atoms with Gasteiger partial charge in [-0.15, -0.1) is 0 Å². The van der Waals surface area contributed by atoms with Gasteiger partial charge in [0.25, 0.3) is 16.0 Å². The van der Waals surface area contributed by atoms with Crippen molar-refractivity contribution in [1.29, 1.82) is 0 Å². The van der Waals surface area contributed by atoms with Crippen LogP contribution in [0.3, 0.4) is 0 Å². The first kappa shape index (κ1) is 42.4. The van der Waals surface area contributed by atoms with E-state index in [1.165, 1.54) is 0 Å². The molecule has 1 aromatic carbocycles. The standard InChI is InChI=1S/C31H47N5O12S/c1-2-16-33-22-12-9-20(10-13-22)30(43)34-17-4-3-6-24(29(32)42)36-27(39)14-11-21(31(44)45)19-25(37)23(15-18-49(46,47)48)35-26(38)7-5-8-28(40)41/h9-10,12-13,21,23-24,33H,2-8,11,14-19H2,1H3,(H2,32,42)(H,34,43)(H,35,38)(H,36,39)(H,40,41)(H,44,45)(H,46,47,48)/t21-,23+,24+/m1/s1. The van der Waals surface area contributed by atoms with E-state index in [0.29, 0.717) is 24.9 Å². The van der Waals surface area contributed by atoms with Gasteiger partial charge in [-0.05, 0) is 69.2 Å². The van der Waals surface area contributed by atoms with E-state index in [1.54, 1.807) is 24.3 Å². The highest BCUT2D eigenvalue weighted by molar-refractivity contribution is 7.85. The maximum Gasteiger partial charge on any atom is 0.306 e. The van der Waals surface area contributed by atoms with Crippen LogP contribution in [-0.4, -0.2) is 95.5 Å². The van der Waals surface area contributed by atoms with Crippen molar-refractivity contribution in [3.63, 3.8) is 0 Å². The van der Waals surface area contributed by atoms with Crippen LogP contribution < -0.4 is 27.0 Å². The number of nitrogens with two attached hydrogens (primary N) is 1. The van der Waals surface area contributed by atoms with Gasteiger partial charge in [0.2, 0.25) is 17.7 Å². The molecule has 1 aromatic rings. The van der Waals surface area contributed by atoms with Crippen LogP contribution in [0.5, 0.6) is 0 Å². The molecule has 0 aliphatic carbocycles. The Bertz CT molecular complexity index is 1400. The zero-order valence-electron chi connectivity index (χ0n) is 27.4. The van der Waals surface area contributed by atoms with Crippen molar-refractivity contribution in [1.82, 2.24) is 16.0 Å². The Balaban J connectivity index is 2.62. The van der Waals surface area contributed by atoms with Gasteiger partial charge in [-0.25, -0.2) is 0 Å². The average Bonchev–Trinajstić information content (AvgIpc) is 3.02. The Morgan fingerprint density at radius 3 is 2.00 bits per heavy atom. The Labute approximate surface area is 284 Å². The van der Waals surface area contributed by atoms with E-state index in [2.05, 4.69) is 21.3 Å². The monoisotopic (exact) mass is 713 g/mol. The lowest BCUT2D eigenvalue weighted by Crippen LogP contribution is -2.45. The minimum absolute atomic E-state index is 0.0669. The second kappa shape index (κ2) is 22.1. The molecule has 0 aliphatic rings. The Morgan fingerprint density at radius 1 is 0.796 bits per heavy atom. The summed E-state index contributed by atoms with van der Waals surface area (Å²) in [7, 11) is -4.54.